The molecule has 33 heavy (non-hydrogen) atoms. The van der Waals surface area contributed by atoms with Crippen LogP contribution in [0.15, 0.2) is 53.4 Å². The van der Waals surface area contributed by atoms with Crippen LogP contribution in [0, 0.1) is 0 Å². The Bertz CT molecular complexity index is 1110. The Morgan fingerprint density at radius 1 is 1.12 bits per heavy atom. The lowest BCUT2D eigenvalue weighted by atomic mass is 9.90. The van der Waals surface area contributed by atoms with Crippen molar-refractivity contribution < 1.29 is 27.5 Å². The maximum absolute atomic E-state index is 12.8. The van der Waals surface area contributed by atoms with Gasteiger partial charge < -0.3 is 14.4 Å². The topological polar surface area (TPSA) is 102 Å². The number of fused-ring (bicyclic) bond motifs is 1. The van der Waals surface area contributed by atoms with Crippen molar-refractivity contribution in [1.29, 1.82) is 0 Å². The minimum atomic E-state index is -3.77. The van der Waals surface area contributed by atoms with E-state index in [4.69, 9.17) is 9.47 Å². The maximum atomic E-state index is 12.8. The van der Waals surface area contributed by atoms with Crippen LogP contribution in [0.4, 0.5) is 10.5 Å². The number of rotatable bonds is 5. The summed E-state index contributed by atoms with van der Waals surface area (Å²) >= 11 is 0. The minimum Gasteiger partial charge on any atom is -0.469 e. The second kappa shape index (κ2) is 9.82. The molecule has 0 fully saturated rings. The number of ether oxygens (including phenoxy) is 2. The summed E-state index contributed by atoms with van der Waals surface area (Å²) in [7, 11) is -2.43. The molecule has 0 radical (unpaired) electrons. The van der Waals surface area contributed by atoms with Gasteiger partial charge in [0.05, 0.1) is 18.4 Å². The van der Waals surface area contributed by atoms with Gasteiger partial charge in [0.15, 0.2) is 0 Å². The molecule has 0 saturated carbocycles. The zero-order valence-corrected chi connectivity index (χ0v) is 20.1. The van der Waals surface area contributed by atoms with Gasteiger partial charge in [-0.3, -0.25) is 9.52 Å². The number of hydrogen-bond donors (Lipinski definition) is 1. The van der Waals surface area contributed by atoms with E-state index in [2.05, 4.69) is 4.72 Å². The highest BCUT2D eigenvalue weighted by Gasteiger charge is 2.30. The molecule has 1 heterocycles. The number of nitrogens with one attached hydrogen (secondary N) is 1. The molecule has 1 N–H and O–H groups in total. The van der Waals surface area contributed by atoms with Gasteiger partial charge in [-0.05, 0) is 68.5 Å². The van der Waals surface area contributed by atoms with Crippen molar-refractivity contribution >= 4 is 27.8 Å². The molecule has 1 atom stereocenters. The zero-order chi connectivity index (χ0) is 24.2. The summed E-state index contributed by atoms with van der Waals surface area (Å²) in [6.45, 7) is 6.03. The molecule has 2 aromatic carbocycles. The molecule has 1 aliphatic rings. The third kappa shape index (κ3) is 6.47. The van der Waals surface area contributed by atoms with E-state index in [9.17, 15) is 18.0 Å². The molecule has 0 aromatic heterocycles. The Kier molecular flexibility index (Phi) is 7.31. The third-order valence-electron chi connectivity index (χ3n) is 5.29. The van der Waals surface area contributed by atoms with Gasteiger partial charge in [0.25, 0.3) is 10.0 Å². The molecule has 9 heteroatoms. The van der Waals surface area contributed by atoms with E-state index in [1.165, 1.54) is 19.2 Å². The first-order valence-corrected chi connectivity index (χ1v) is 12.2. The number of anilines is 1. The molecule has 0 bridgehead atoms. The number of carbonyl (C=O) groups excluding carboxylic acids is 2. The lowest BCUT2D eigenvalue weighted by molar-refractivity contribution is -0.141. The average Bonchev–Trinajstić information content (AvgIpc) is 2.92. The highest BCUT2D eigenvalue weighted by atomic mass is 32.2. The van der Waals surface area contributed by atoms with Crippen molar-refractivity contribution in [2.45, 2.75) is 56.6 Å². The van der Waals surface area contributed by atoms with Crippen molar-refractivity contribution in [3.63, 3.8) is 0 Å². The molecule has 0 aliphatic carbocycles. The summed E-state index contributed by atoms with van der Waals surface area (Å²) in [4.78, 5) is 26.5. The molecule has 1 amide bonds. The number of hydrogen-bond acceptors (Lipinski definition) is 6. The number of benzene rings is 2. The smallest absolute Gasteiger partial charge is 0.410 e. The van der Waals surface area contributed by atoms with Crippen molar-refractivity contribution in [2.75, 3.05) is 18.4 Å². The third-order valence-corrected chi connectivity index (χ3v) is 6.69. The van der Waals surface area contributed by atoms with Gasteiger partial charge in [0.1, 0.15) is 5.60 Å². The SMILES string of the molecule is COC(=O)CC1CCN(C(=O)OC(C)(C)C)Cc2cc(NS(=O)(=O)c3ccccc3)ccc21. The normalized spacial score (nSPS) is 16.4. The fourth-order valence-corrected chi connectivity index (χ4v) is 4.82. The van der Waals surface area contributed by atoms with E-state index >= 15 is 0 Å². The van der Waals surface area contributed by atoms with Crippen molar-refractivity contribution in [1.82, 2.24) is 4.90 Å². The number of amides is 1. The molecule has 0 spiro atoms. The molecule has 2 aromatic rings. The van der Waals surface area contributed by atoms with E-state index < -0.39 is 21.7 Å². The average molecular weight is 475 g/mol. The predicted octanol–water partition coefficient (Wildman–Crippen LogP) is 4.27. The largest absolute Gasteiger partial charge is 0.469 e. The van der Waals surface area contributed by atoms with E-state index in [0.29, 0.717) is 18.7 Å². The highest BCUT2D eigenvalue weighted by molar-refractivity contribution is 7.92. The van der Waals surface area contributed by atoms with Crippen LogP contribution < -0.4 is 4.72 Å². The first-order valence-electron chi connectivity index (χ1n) is 10.7. The van der Waals surface area contributed by atoms with Crippen LogP contribution in [0.5, 0.6) is 0 Å². The molecule has 8 nitrogen and oxygen atoms in total. The first-order chi connectivity index (χ1) is 15.5. The second-order valence-corrected chi connectivity index (χ2v) is 10.7. The van der Waals surface area contributed by atoms with Crippen LogP contribution in [0.2, 0.25) is 0 Å². The van der Waals surface area contributed by atoms with Crippen LogP contribution in [0.1, 0.15) is 50.7 Å². The molecular formula is C24H30N2O6S. The predicted molar refractivity (Wildman–Crippen MR) is 124 cm³/mol. The lowest BCUT2D eigenvalue weighted by Crippen LogP contribution is -2.36. The molecule has 178 valence electrons. The van der Waals surface area contributed by atoms with Gasteiger partial charge in [-0.2, -0.15) is 0 Å². The number of methoxy groups -OCH3 is 1. The highest BCUT2D eigenvalue weighted by Crippen LogP contribution is 2.34. The summed E-state index contributed by atoms with van der Waals surface area (Å²) in [5, 5.41) is 0. The van der Waals surface area contributed by atoms with Crippen molar-refractivity contribution in [3.8, 4) is 0 Å². The van der Waals surface area contributed by atoms with E-state index in [1.54, 1.807) is 56.0 Å². The summed E-state index contributed by atoms with van der Waals surface area (Å²) in [6, 6.07) is 13.3. The summed E-state index contributed by atoms with van der Waals surface area (Å²) in [5.41, 5.74) is 1.36. The fourth-order valence-electron chi connectivity index (χ4n) is 3.75. The number of esters is 1. The molecular weight excluding hydrogens is 444 g/mol. The molecule has 1 aliphatic heterocycles. The van der Waals surface area contributed by atoms with E-state index in [-0.39, 0.29) is 29.7 Å². The lowest BCUT2D eigenvalue weighted by Gasteiger charge is -2.26. The van der Waals surface area contributed by atoms with Gasteiger partial charge >= 0.3 is 12.1 Å². The summed E-state index contributed by atoms with van der Waals surface area (Å²) < 4.78 is 38.5. The zero-order valence-electron chi connectivity index (χ0n) is 19.3. The maximum Gasteiger partial charge on any atom is 0.410 e. The Labute approximate surface area is 194 Å². The van der Waals surface area contributed by atoms with Crippen molar-refractivity contribution in [3.05, 3.63) is 59.7 Å². The fraction of sp³-hybridized carbons (Fsp3) is 0.417. The van der Waals surface area contributed by atoms with Crippen molar-refractivity contribution in [2.24, 2.45) is 0 Å². The van der Waals surface area contributed by atoms with Gasteiger partial charge in [-0.1, -0.05) is 24.3 Å². The quantitative estimate of drug-likeness (QED) is 0.649. The monoisotopic (exact) mass is 474 g/mol. The molecule has 3 rings (SSSR count). The molecule has 0 saturated heterocycles. The Morgan fingerprint density at radius 3 is 2.45 bits per heavy atom. The number of nitrogens with zero attached hydrogens (tertiary/aromatic N) is 1. The first kappa shape index (κ1) is 24.6. The van der Waals surface area contributed by atoms with Gasteiger partial charge in [-0.15, -0.1) is 0 Å². The summed E-state index contributed by atoms with van der Waals surface area (Å²) in [6.07, 6.45) is 0.263. The Hall–Kier alpha value is -3.07. The van der Waals surface area contributed by atoms with Crippen LogP contribution in [-0.2, 0) is 30.8 Å². The van der Waals surface area contributed by atoms with Gasteiger partial charge in [0.2, 0.25) is 0 Å². The number of sulfonamides is 1. The standard InChI is InChI=1S/C24H30N2O6S/c1-24(2,3)32-23(28)26-13-12-17(15-22(27)31-4)21-11-10-19(14-18(21)16-26)25-33(29,30)20-8-6-5-7-9-20/h5-11,14,17,25H,12-13,15-16H2,1-4H3. The number of carbonyl (C=O) groups is 2. The van der Waals surface area contributed by atoms with Crippen LogP contribution in [0.3, 0.4) is 0 Å². The summed E-state index contributed by atoms with van der Waals surface area (Å²) in [5.74, 6) is -0.509. The van der Waals surface area contributed by atoms with Gasteiger partial charge in [0, 0.05) is 18.8 Å². The minimum absolute atomic E-state index is 0.152. The van der Waals surface area contributed by atoms with Crippen LogP contribution in [0.25, 0.3) is 0 Å². The Balaban J connectivity index is 1.93. The van der Waals surface area contributed by atoms with E-state index in [0.717, 1.165) is 11.1 Å². The Morgan fingerprint density at radius 2 is 1.82 bits per heavy atom. The van der Waals surface area contributed by atoms with E-state index in [1.807, 2.05) is 6.07 Å². The van der Waals surface area contributed by atoms with Crippen LogP contribution >= 0.6 is 0 Å². The van der Waals surface area contributed by atoms with Crippen LogP contribution in [-0.4, -0.2) is 44.6 Å². The van der Waals surface area contributed by atoms with Gasteiger partial charge in [-0.25, -0.2) is 13.2 Å². The second-order valence-electron chi connectivity index (χ2n) is 9.00. The molecule has 1 unspecified atom stereocenters.